The van der Waals surface area contributed by atoms with Crippen molar-refractivity contribution in [3.63, 3.8) is 0 Å². The average molecular weight is 379 g/mol. The summed E-state index contributed by atoms with van der Waals surface area (Å²) in [6, 6.07) is 15.0. The number of nitrogens with zero attached hydrogens (tertiary/aromatic N) is 4. The van der Waals surface area contributed by atoms with Gasteiger partial charge in [-0.05, 0) is 38.1 Å². The molecule has 8 heteroatoms. The van der Waals surface area contributed by atoms with E-state index in [9.17, 15) is 9.59 Å². The van der Waals surface area contributed by atoms with Crippen molar-refractivity contribution in [2.75, 3.05) is 24.0 Å². The predicted molar refractivity (Wildman–Crippen MR) is 106 cm³/mol. The number of benzene rings is 2. The molecule has 0 unspecified atom stereocenters. The molecule has 0 aliphatic carbocycles. The second-order valence-corrected chi connectivity index (χ2v) is 6.56. The Hall–Kier alpha value is -3.55. The molecule has 0 bridgehead atoms. The third-order valence-electron chi connectivity index (χ3n) is 4.70. The van der Waals surface area contributed by atoms with Crippen LogP contribution in [0.5, 0.6) is 0 Å². The molecule has 28 heavy (non-hydrogen) atoms. The molecular formula is C20H21N5O3. The number of hydrogen-bond donors (Lipinski definition) is 1. The summed E-state index contributed by atoms with van der Waals surface area (Å²) >= 11 is 0. The van der Waals surface area contributed by atoms with E-state index in [4.69, 9.17) is 4.74 Å². The first-order valence-electron chi connectivity index (χ1n) is 9.05. The van der Waals surface area contributed by atoms with Crippen molar-refractivity contribution >= 4 is 29.1 Å². The van der Waals surface area contributed by atoms with Crippen LogP contribution in [0.25, 0.3) is 0 Å². The zero-order valence-corrected chi connectivity index (χ0v) is 15.9. The number of nitrogens with one attached hydrogen (secondary N) is 1. The first-order chi connectivity index (χ1) is 13.5. The highest BCUT2D eigenvalue weighted by molar-refractivity contribution is 6.36. The van der Waals surface area contributed by atoms with E-state index >= 15 is 0 Å². The molecule has 1 atom stereocenters. The zero-order chi connectivity index (χ0) is 19.8. The van der Waals surface area contributed by atoms with Crippen LogP contribution in [0.2, 0.25) is 0 Å². The minimum Gasteiger partial charge on any atom is -0.460 e. The summed E-state index contributed by atoms with van der Waals surface area (Å²) in [7, 11) is 1.62. The summed E-state index contributed by atoms with van der Waals surface area (Å²) in [5.41, 5.74) is 3.09. The third-order valence-corrected chi connectivity index (χ3v) is 4.70. The lowest BCUT2D eigenvalue weighted by Crippen LogP contribution is -2.56. The number of hydrogen-bond acceptors (Lipinski definition) is 7. The van der Waals surface area contributed by atoms with Crippen LogP contribution in [-0.4, -0.2) is 47.7 Å². The molecule has 4 rings (SSSR count). The standard InChI is InChI=1S/C20H21N5O3/c1-4-28-19(27)17-22-24(14-11-9-13(2)10-12-14)20-21-16-8-6-5-7-15(16)18(26)23(3)25(17)20/h5-12,20-21H,4H2,1-3H3/t20-/m0/s1. The highest BCUT2D eigenvalue weighted by Gasteiger charge is 2.45. The SMILES string of the molecule is CCOC(=O)C1=NN(c2ccc(C)cc2)[C@@H]2Nc3ccccc3C(=O)N(C)N12. The molecule has 2 heterocycles. The van der Waals surface area contributed by atoms with Crippen LogP contribution in [0.3, 0.4) is 0 Å². The predicted octanol–water partition coefficient (Wildman–Crippen LogP) is 2.39. The van der Waals surface area contributed by atoms with Gasteiger partial charge in [-0.1, -0.05) is 29.8 Å². The summed E-state index contributed by atoms with van der Waals surface area (Å²) in [5, 5.41) is 12.4. The number of hydrazine groups is 1. The van der Waals surface area contributed by atoms with Gasteiger partial charge < -0.3 is 10.1 Å². The smallest absolute Gasteiger partial charge is 0.377 e. The first-order valence-corrected chi connectivity index (χ1v) is 9.05. The maximum atomic E-state index is 13.0. The Morgan fingerprint density at radius 2 is 1.89 bits per heavy atom. The molecule has 2 aliphatic heterocycles. The lowest BCUT2D eigenvalue weighted by molar-refractivity contribution is -0.136. The van der Waals surface area contributed by atoms with Crippen molar-refractivity contribution in [1.29, 1.82) is 0 Å². The summed E-state index contributed by atoms with van der Waals surface area (Å²) in [6.45, 7) is 3.94. The fraction of sp³-hybridized carbons (Fsp3) is 0.250. The molecule has 0 saturated carbocycles. The third kappa shape index (κ3) is 2.83. The Balaban J connectivity index is 1.82. The molecule has 144 valence electrons. The van der Waals surface area contributed by atoms with Crippen LogP contribution in [0.1, 0.15) is 22.8 Å². The Morgan fingerprint density at radius 3 is 2.61 bits per heavy atom. The van der Waals surface area contributed by atoms with E-state index in [1.54, 1.807) is 31.1 Å². The van der Waals surface area contributed by atoms with Gasteiger partial charge in [0.1, 0.15) is 0 Å². The van der Waals surface area contributed by atoms with Gasteiger partial charge in [-0.2, -0.15) is 0 Å². The largest absolute Gasteiger partial charge is 0.460 e. The van der Waals surface area contributed by atoms with E-state index in [-0.39, 0.29) is 18.3 Å². The minimum atomic E-state index is -0.597. The number of hydrazone groups is 1. The number of para-hydroxylation sites is 1. The number of carbonyl (C=O) groups is 2. The molecule has 0 fully saturated rings. The summed E-state index contributed by atoms with van der Waals surface area (Å²) < 4.78 is 5.18. The number of ether oxygens (including phenoxy) is 1. The fourth-order valence-corrected chi connectivity index (χ4v) is 3.28. The van der Waals surface area contributed by atoms with Crippen molar-refractivity contribution in [3.05, 3.63) is 59.7 Å². The van der Waals surface area contributed by atoms with Gasteiger partial charge in [0.15, 0.2) is 0 Å². The number of amidine groups is 1. The number of rotatable bonds is 3. The van der Waals surface area contributed by atoms with Crippen LogP contribution < -0.4 is 10.3 Å². The Morgan fingerprint density at radius 1 is 1.18 bits per heavy atom. The van der Waals surface area contributed by atoms with Crippen LogP contribution in [0.4, 0.5) is 11.4 Å². The van der Waals surface area contributed by atoms with E-state index in [1.165, 1.54) is 10.0 Å². The maximum absolute atomic E-state index is 13.0. The molecule has 2 aliphatic rings. The quantitative estimate of drug-likeness (QED) is 0.825. The van der Waals surface area contributed by atoms with Gasteiger partial charge in [0.25, 0.3) is 11.7 Å². The first kappa shape index (κ1) is 17.8. The molecule has 0 aromatic heterocycles. The van der Waals surface area contributed by atoms with E-state index in [0.717, 1.165) is 11.3 Å². The van der Waals surface area contributed by atoms with E-state index in [1.807, 2.05) is 43.3 Å². The number of fused-ring (bicyclic) bond motifs is 2. The van der Waals surface area contributed by atoms with Crippen molar-refractivity contribution in [2.24, 2.45) is 5.10 Å². The van der Waals surface area contributed by atoms with Gasteiger partial charge in [-0.25, -0.2) is 19.8 Å². The van der Waals surface area contributed by atoms with Crippen LogP contribution in [-0.2, 0) is 9.53 Å². The second-order valence-electron chi connectivity index (χ2n) is 6.56. The van der Waals surface area contributed by atoms with Crippen molar-refractivity contribution in [3.8, 4) is 0 Å². The summed E-state index contributed by atoms with van der Waals surface area (Å²) in [4.78, 5) is 25.6. The van der Waals surface area contributed by atoms with E-state index in [2.05, 4.69) is 10.4 Å². The van der Waals surface area contributed by atoms with Crippen molar-refractivity contribution < 1.29 is 14.3 Å². The van der Waals surface area contributed by atoms with Crippen LogP contribution in [0.15, 0.2) is 53.6 Å². The zero-order valence-electron chi connectivity index (χ0n) is 15.9. The van der Waals surface area contributed by atoms with Gasteiger partial charge in [-0.3, -0.25) is 4.79 Å². The molecular weight excluding hydrogens is 358 g/mol. The van der Waals surface area contributed by atoms with Gasteiger partial charge in [0.05, 0.1) is 23.5 Å². The highest BCUT2D eigenvalue weighted by Crippen LogP contribution is 2.32. The molecule has 0 radical (unpaired) electrons. The number of anilines is 2. The second kappa shape index (κ2) is 6.88. The normalized spacial score (nSPS) is 18.1. The molecule has 1 N–H and O–H groups in total. The topological polar surface area (TPSA) is 77.5 Å². The van der Waals surface area contributed by atoms with E-state index < -0.39 is 12.3 Å². The van der Waals surface area contributed by atoms with Crippen molar-refractivity contribution in [1.82, 2.24) is 10.0 Å². The van der Waals surface area contributed by atoms with Gasteiger partial charge in [-0.15, -0.1) is 5.10 Å². The van der Waals surface area contributed by atoms with Crippen LogP contribution in [0, 0.1) is 6.92 Å². The Bertz CT molecular complexity index is 957. The Kier molecular flexibility index (Phi) is 4.38. The summed E-state index contributed by atoms with van der Waals surface area (Å²) in [6.07, 6.45) is -0.597. The molecule has 2 aromatic rings. The van der Waals surface area contributed by atoms with Gasteiger partial charge in [0.2, 0.25) is 6.29 Å². The number of carbonyl (C=O) groups excluding carboxylic acids is 2. The summed E-state index contributed by atoms with van der Waals surface area (Å²) in [5.74, 6) is -0.786. The number of aryl methyl sites for hydroxylation is 1. The molecule has 1 amide bonds. The van der Waals surface area contributed by atoms with Gasteiger partial charge >= 0.3 is 5.97 Å². The number of esters is 1. The monoisotopic (exact) mass is 379 g/mol. The maximum Gasteiger partial charge on any atom is 0.377 e. The molecule has 8 nitrogen and oxygen atoms in total. The Labute approximate surface area is 162 Å². The minimum absolute atomic E-state index is 0.0450. The molecule has 2 aromatic carbocycles. The highest BCUT2D eigenvalue weighted by atomic mass is 16.5. The van der Waals surface area contributed by atoms with Gasteiger partial charge in [0, 0.05) is 7.05 Å². The number of amides is 1. The lowest BCUT2D eigenvalue weighted by Gasteiger charge is -2.34. The van der Waals surface area contributed by atoms with Crippen LogP contribution >= 0.6 is 0 Å². The molecule has 0 saturated heterocycles. The lowest BCUT2D eigenvalue weighted by atomic mass is 10.1. The molecule has 0 spiro atoms. The van der Waals surface area contributed by atoms with Crippen molar-refractivity contribution in [2.45, 2.75) is 20.1 Å². The average Bonchev–Trinajstić information content (AvgIpc) is 3.02. The fourth-order valence-electron chi connectivity index (χ4n) is 3.28. The van der Waals surface area contributed by atoms with E-state index in [0.29, 0.717) is 11.3 Å².